The summed E-state index contributed by atoms with van der Waals surface area (Å²) in [5.74, 6) is -4.73. The van der Waals surface area contributed by atoms with E-state index in [0.717, 1.165) is 72.9 Å². The van der Waals surface area contributed by atoms with E-state index < -0.39 is 23.9 Å². The Morgan fingerprint density at radius 3 is 1.24 bits per heavy atom. The Morgan fingerprint density at radius 2 is 0.814 bits per heavy atom. The van der Waals surface area contributed by atoms with Crippen LogP contribution in [-0.2, 0) is 70.5 Å². The van der Waals surface area contributed by atoms with Crippen LogP contribution < -0.4 is 26.6 Å². The van der Waals surface area contributed by atoms with Gasteiger partial charge >= 0.3 is 23.9 Å². The van der Waals surface area contributed by atoms with Crippen LogP contribution in [0.4, 0.5) is 0 Å². The molecule has 86 heavy (non-hydrogen) atoms. The van der Waals surface area contributed by atoms with Crippen LogP contribution in [0, 0.1) is 27.7 Å². The van der Waals surface area contributed by atoms with Crippen molar-refractivity contribution < 1.29 is 58.8 Å². The van der Waals surface area contributed by atoms with E-state index in [2.05, 4.69) is 67.2 Å². The maximum absolute atomic E-state index is 12.3. The number of allylic oxidation sites excluding steroid dienone is 4. The molecule has 4 aliphatic heterocycles. The van der Waals surface area contributed by atoms with Crippen LogP contribution >= 0.6 is 0 Å². The summed E-state index contributed by atoms with van der Waals surface area (Å²) >= 11 is 0. The lowest BCUT2D eigenvalue weighted by Gasteiger charge is -2.07. The van der Waals surface area contributed by atoms with E-state index in [1.54, 1.807) is 45.1 Å². The molecule has 446 valence electrons. The second-order valence-corrected chi connectivity index (χ2v) is 21.2. The number of carbonyl (C=O) groups is 8. The number of carboxylic acids is 4. The normalized spacial score (nSPS) is 16.9. The van der Waals surface area contributed by atoms with Crippen LogP contribution in [0.15, 0.2) is 117 Å². The lowest BCUT2D eigenvalue weighted by molar-refractivity contribution is -0.138. The van der Waals surface area contributed by atoms with Gasteiger partial charge in [0.05, 0.1) is 17.1 Å². The van der Waals surface area contributed by atoms with E-state index in [4.69, 9.17) is 0 Å². The summed E-state index contributed by atoms with van der Waals surface area (Å²) in [6, 6.07) is 0. The topological polar surface area (TPSA) is 329 Å². The summed E-state index contributed by atoms with van der Waals surface area (Å²) in [5, 5.41) is 47.6. The molecule has 20 nitrogen and oxygen atoms in total. The van der Waals surface area contributed by atoms with Crippen LogP contribution in [0.1, 0.15) is 132 Å². The predicted molar refractivity (Wildman–Crippen MR) is 328 cm³/mol. The number of aromatic nitrogens is 4. The Bertz CT molecular complexity index is 4080. The molecule has 0 fully saturated rings. The van der Waals surface area contributed by atoms with Gasteiger partial charge in [-0.15, -0.1) is 0 Å². The average molecular weight is 1170 g/mol. The molecule has 0 aliphatic carbocycles. The first-order valence-electron chi connectivity index (χ1n) is 27.7. The smallest absolute Gasteiger partial charge is 0.303 e. The summed E-state index contributed by atoms with van der Waals surface area (Å²) in [6.07, 6.45) is 16.4. The fraction of sp³-hybridized carbons (Fsp3) is 0.258. The summed E-state index contributed by atoms with van der Waals surface area (Å²) in [5.41, 5.74) is 18.2. The van der Waals surface area contributed by atoms with E-state index in [-0.39, 0.29) is 75.0 Å². The zero-order valence-corrected chi connectivity index (χ0v) is 49.4. The first-order chi connectivity index (χ1) is 40.7. The van der Waals surface area contributed by atoms with Gasteiger partial charge in [-0.3, -0.25) is 38.4 Å². The average Bonchev–Trinajstić information content (AvgIpc) is 2.80. The number of aliphatic imine (C=N–C) groups is 1. The van der Waals surface area contributed by atoms with Gasteiger partial charge in [-0.05, 0) is 167 Å². The molecule has 0 spiro atoms. The fourth-order valence-electron chi connectivity index (χ4n) is 11.0. The van der Waals surface area contributed by atoms with Gasteiger partial charge in [-0.1, -0.05) is 50.6 Å². The summed E-state index contributed by atoms with van der Waals surface area (Å²) < 4.78 is 0. The maximum Gasteiger partial charge on any atom is 0.303 e. The molecule has 4 aliphatic rings. The minimum absolute atomic E-state index is 0.0688. The molecular formula is C66H70N8O12. The van der Waals surface area contributed by atoms with Crippen molar-refractivity contribution in [3.8, 4) is 0 Å². The van der Waals surface area contributed by atoms with E-state index in [1.807, 2.05) is 52.8 Å². The molecule has 8 heterocycles. The summed E-state index contributed by atoms with van der Waals surface area (Å²) in [6.45, 7) is 29.7. The second kappa shape index (κ2) is 26.5. The van der Waals surface area contributed by atoms with Crippen LogP contribution in [0.3, 0.4) is 0 Å². The van der Waals surface area contributed by atoms with Crippen molar-refractivity contribution in [1.82, 2.24) is 35.9 Å². The molecule has 0 unspecified atom stereocenters. The third-order valence-corrected chi connectivity index (χ3v) is 16.0. The Morgan fingerprint density at radius 1 is 0.407 bits per heavy atom. The Hall–Kier alpha value is -10.4. The molecule has 0 radical (unpaired) electrons. The van der Waals surface area contributed by atoms with E-state index in [0.29, 0.717) is 90.3 Å². The standard InChI is InChI=1S/C33H36N4O6.C33H34N4O6/c2*1-7-20-19(6)32(42)37-27(20)14-25-18(5)23(10-12-31(40)41)29(35-25)15-28-22(9-11-30(38)39)17(4)24(34-28)13-26-16(3)21(8-2)33(43)36-26/h7-8,13-14,34-35H,1-2,9-12,15H2,3-6H3,(H,36,43)(H,37,42)(H,38,39)(H,40,41);7-8,13-15,34-35H,1-2,9-12H2,3-6H3,(H,37,42)(H,38,39)(H,40,41)/b26-13-,27-14-;24-13?,27-14-,28-15-. The predicted octanol–water partition coefficient (Wildman–Crippen LogP) is 7.59. The van der Waals surface area contributed by atoms with Gasteiger partial charge in [-0.2, -0.15) is 0 Å². The van der Waals surface area contributed by atoms with Gasteiger partial charge in [0.15, 0.2) is 0 Å². The number of hydrogen-bond donors (Lipinski definition) is 11. The van der Waals surface area contributed by atoms with E-state index in [1.165, 1.54) is 12.2 Å². The Balaban J connectivity index is 0.000000246. The number of aromatic amines is 4. The highest BCUT2D eigenvalue weighted by Gasteiger charge is 2.28. The van der Waals surface area contributed by atoms with Crippen LogP contribution in [0.2, 0.25) is 0 Å². The zero-order valence-electron chi connectivity index (χ0n) is 49.4. The van der Waals surface area contributed by atoms with E-state index in [9.17, 15) is 58.8 Å². The number of rotatable bonds is 23. The molecule has 8 rings (SSSR count). The monoisotopic (exact) mass is 1170 g/mol. The van der Waals surface area contributed by atoms with Gasteiger partial charge in [0, 0.05) is 116 Å². The molecule has 0 atom stereocenters. The maximum atomic E-state index is 12.3. The van der Waals surface area contributed by atoms with Gasteiger partial charge < -0.3 is 56.3 Å². The highest BCUT2D eigenvalue weighted by Crippen LogP contribution is 2.33. The van der Waals surface area contributed by atoms with Crippen LogP contribution in [0.5, 0.6) is 0 Å². The molecule has 0 saturated carbocycles. The molecule has 0 aromatic carbocycles. The van der Waals surface area contributed by atoms with E-state index >= 15 is 0 Å². The van der Waals surface area contributed by atoms with Crippen molar-refractivity contribution in [2.45, 2.75) is 113 Å². The first-order valence-corrected chi connectivity index (χ1v) is 27.7. The molecule has 4 amide bonds. The van der Waals surface area contributed by atoms with Crippen LogP contribution in [-0.4, -0.2) is 93.6 Å². The quantitative estimate of drug-likeness (QED) is 0.0342. The van der Waals surface area contributed by atoms with Gasteiger partial charge in [0.2, 0.25) is 0 Å². The number of nitrogens with one attached hydrogen (secondary N) is 7. The molecule has 0 saturated heterocycles. The number of carboxylic acid groups (broad SMARTS) is 4. The number of nitrogens with zero attached hydrogens (tertiary/aromatic N) is 1. The molecule has 20 heteroatoms. The zero-order chi connectivity index (χ0) is 63.2. The van der Waals surface area contributed by atoms with Crippen LogP contribution in [0.25, 0.3) is 30.4 Å². The number of amides is 4. The fourth-order valence-corrected chi connectivity index (χ4v) is 11.0. The molecule has 11 N–H and O–H groups in total. The summed E-state index contributed by atoms with van der Waals surface area (Å²) in [7, 11) is 0. The van der Waals surface area contributed by atoms with Crippen molar-refractivity contribution in [1.29, 1.82) is 0 Å². The third kappa shape index (κ3) is 13.5. The van der Waals surface area contributed by atoms with Crippen molar-refractivity contribution >= 4 is 83.6 Å². The molecule has 0 bridgehead atoms. The number of hydrogen-bond acceptors (Lipinski definition) is 8. The highest BCUT2D eigenvalue weighted by molar-refractivity contribution is 6.31. The minimum Gasteiger partial charge on any atom is -0.481 e. The van der Waals surface area contributed by atoms with Gasteiger partial charge in [0.25, 0.3) is 23.6 Å². The molecular weight excluding hydrogens is 1100 g/mol. The second-order valence-electron chi connectivity index (χ2n) is 21.2. The molecule has 4 aromatic heterocycles. The largest absolute Gasteiger partial charge is 0.481 e. The minimum atomic E-state index is -0.941. The Labute approximate surface area is 496 Å². The highest BCUT2D eigenvalue weighted by atomic mass is 16.4. The lowest BCUT2D eigenvalue weighted by Crippen LogP contribution is -2.15. The third-order valence-electron chi connectivity index (χ3n) is 16.0. The van der Waals surface area contributed by atoms with Crippen molar-refractivity contribution in [3.05, 3.63) is 202 Å². The number of H-pyrrole nitrogens is 4. The van der Waals surface area contributed by atoms with Crippen molar-refractivity contribution in [3.63, 3.8) is 0 Å². The summed E-state index contributed by atoms with van der Waals surface area (Å²) in [4.78, 5) is 113. The Kier molecular flexibility index (Phi) is 19.5. The van der Waals surface area contributed by atoms with Gasteiger partial charge in [-0.25, -0.2) is 4.99 Å². The first kappa shape index (κ1) is 63.2. The number of aliphatic carboxylic acids is 4. The number of carbonyl (C=O) groups excluding carboxylic acids is 4. The molecule has 4 aromatic rings. The van der Waals surface area contributed by atoms with Crippen molar-refractivity contribution in [2.75, 3.05) is 0 Å². The van der Waals surface area contributed by atoms with Gasteiger partial charge in [0.1, 0.15) is 0 Å². The lowest BCUT2D eigenvalue weighted by atomic mass is 9.98. The van der Waals surface area contributed by atoms with Crippen molar-refractivity contribution in [2.24, 2.45) is 4.99 Å². The SMILES string of the molecule is C=CC1=C(C)/C(=C/c2[nH]c(Cc3[nH]c(/C=C4\NC(=O)C(C)=C4C=C)c(C)c3CCC(=O)O)c(CCC(=O)O)c2C)NC1=O.C=CC1=C(C)C(C=c2[nH]/c(=C\c3[nH]c(/C=C4\NC(=O)C(C)=C4C=C)c(C)c3CCC(=O)O)c(CCC(=O)O)c2C)=NC1=O.